The van der Waals surface area contributed by atoms with Crippen LogP contribution >= 0.6 is 12.2 Å². The number of methoxy groups -OCH3 is 1. The smallest absolute Gasteiger partial charge is 0.118 e. The molecule has 3 heteroatoms. The van der Waals surface area contributed by atoms with Gasteiger partial charge in [0.05, 0.1) is 7.11 Å². The van der Waals surface area contributed by atoms with Gasteiger partial charge in [-0.05, 0) is 40.8 Å². The molecule has 0 radical (unpaired) electrons. The molecule has 102 valence electrons. The van der Waals surface area contributed by atoms with Crippen molar-refractivity contribution in [3.05, 3.63) is 65.7 Å². The van der Waals surface area contributed by atoms with Gasteiger partial charge in [0.25, 0.3) is 0 Å². The van der Waals surface area contributed by atoms with Crippen molar-refractivity contribution in [3.8, 4) is 11.5 Å². The van der Waals surface area contributed by atoms with Crippen LogP contribution in [0.25, 0.3) is 6.08 Å². The summed E-state index contributed by atoms with van der Waals surface area (Å²) in [6, 6.07) is 14.9. The maximum absolute atomic E-state index is 9.30. The zero-order valence-corrected chi connectivity index (χ0v) is 12.0. The molecule has 20 heavy (non-hydrogen) atoms. The van der Waals surface area contributed by atoms with E-state index < -0.39 is 0 Å². The van der Waals surface area contributed by atoms with E-state index in [1.807, 2.05) is 48.6 Å². The van der Waals surface area contributed by atoms with Crippen molar-refractivity contribution < 1.29 is 9.84 Å². The molecule has 2 nitrogen and oxygen atoms in total. The molecule has 0 spiro atoms. The molecule has 0 heterocycles. The van der Waals surface area contributed by atoms with Crippen LogP contribution in [-0.4, -0.2) is 17.6 Å². The first-order valence-electron chi connectivity index (χ1n) is 6.29. The number of thiocarbonyl (C=S) groups is 1. The number of rotatable bonds is 5. The van der Waals surface area contributed by atoms with Crippen molar-refractivity contribution in [2.45, 2.75) is 5.92 Å². The molecule has 0 aliphatic carbocycles. The van der Waals surface area contributed by atoms with Gasteiger partial charge >= 0.3 is 0 Å². The van der Waals surface area contributed by atoms with Gasteiger partial charge in [0.15, 0.2) is 0 Å². The summed E-state index contributed by atoms with van der Waals surface area (Å²) in [5.74, 6) is 1.15. The highest BCUT2D eigenvalue weighted by atomic mass is 32.1. The highest BCUT2D eigenvalue weighted by molar-refractivity contribution is 7.79. The number of hydrogen-bond donors (Lipinski definition) is 1. The first-order chi connectivity index (χ1) is 9.72. The van der Waals surface area contributed by atoms with Crippen molar-refractivity contribution in [3.63, 3.8) is 0 Å². The second-order valence-corrected chi connectivity index (χ2v) is 4.66. The molecule has 0 unspecified atom stereocenters. The van der Waals surface area contributed by atoms with E-state index in [2.05, 4.69) is 0 Å². The molecule has 2 rings (SSSR count). The summed E-state index contributed by atoms with van der Waals surface area (Å²) in [5.41, 5.74) is 2.15. The molecule has 0 bridgehead atoms. The molecular formula is C17H16O2S. The van der Waals surface area contributed by atoms with Gasteiger partial charge in [-0.15, -0.1) is 0 Å². The fourth-order valence-electron chi connectivity index (χ4n) is 1.86. The predicted molar refractivity (Wildman–Crippen MR) is 86.5 cm³/mol. The van der Waals surface area contributed by atoms with Crippen LogP contribution in [0.15, 0.2) is 54.6 Å². The van der Waals surface area contributed by atoms with Crippen molar-refractivity contribution >= 4 is 23.7 Å². The van der Waals surface area contributed by atoms with E-state index in [1.54, 1.807) is 24.6 Å². The Kier molecular flexibility index (Phi) is 4.91. The van der Waals surface area contributed by atoms with Crippen molar-refractivity contribution in [1.82, 2.24) is 0 Å². The first kappa shape index (κ1) is 14.3. The Bertz CT molecular complexity index is 585. The summed E-state index contributed by atoms with van der Waals surface area (Å²) in [7, 11) is 1.65. The highest BCUT2D eigenvalue weighted by Gasteiger charge is 2.04. The van der Waals surface area contributed by atoms with Crippen LogP contribution in [0.1, 0.15) is 17.0 Å². The van der Waals surface area contributed by atoms with Crippen molar-refractivity contribution in [2.24, 2.45) is 0 Å². The molecule has 1 N–H and O–H groups in total. The summed E-state index contributed by atoms with van der Waals surface area (Å²) in [4.78, 5) is 0. The molecule has 0 saturated carbocycles. The van der Waals surface area contributed by atoms with Crippen LogP contribution in [0.4, 0.5) is 0 Å². The van der Waals surface area contributed by atoms with Gasteiger partial charge in [0, 0.05) is 5.92 Å². The lowest BCUT2D eigenvalue weighted by Crippen LogP contribution is -1.94. The second-order valence-electron chi connectivity index (χ2n) is 4.39. The third-order valence-corrected chi connectivity index (χ3v) is 3.33. The average molecular weight is 284 g/mol. The molecule has 0 aliphatic rings. The van der Waals surface area contributed by atoms with Gasteiger partial charge < -0.3 is 9.84 Å². The minimum Gasteiger partial charge on any atom is -0.508 e. The summed E-state index contributed by atoms with van der Waals surface area (Å²) < 4.78 is 5.13. The lowest BCUT2D eigenvalue weighted by Gasteiger charge is -2.07. The largest absolute Gasteiger partial charge is 0.508 e. The minimum absolute atomic E-state index is 0.0488. The lowest BCUT2D eigenvalue weighted by molar-refractivity contribution is 0.415. The molecule has 1 atom stereocenters. The van der Waals surface area contributed by atoms with Crippen LogP contribution in [0.3, 0.4) is 0 Å². The molecule has 0 fully saturated rings. The van der Waals surface area contributed by atoms with Gasteiger partial charge in [-0.25, -0.2) is 0 Å². The Labute approximate surface area is 124 Å². The molecule has 0 aromatic heterocycles. The number of phenolic OH excluding ortho intramolecular Hbond substituents is 1. The summed E-state index contributed by atoms with van der Waals surface area (Å²) in [5, 5.41) is 11.0. The maximum Gasteiger partial charge on any atom is 0.118 e. The summed E-state index contributed by atoms with van der Waals surface area (Å²) in [6.07, 6.45) is 4.07. The zero-order chi connectivity index (χ0) is 14.4. The van der Waals surface area contributed by atoms with Crippen molar-refractivity contribution in [2.75, 3.05) is 7.11 Å². The van der Waals surface area contributed by atoms with E-state index in [1.165, 1.54) is 0 Å². The minimum atomic E-state index is 0.0488. The summed E-state index contributed by atoms with van der Waals surface area (Å²) in [6.45, 7) is 0. The second kappa shape index (κ2) is 6.87. The summed E-state index contributed by atoms with van der Waals surface area (Å²) >= 11 is 5.08. The maximum atomic E-state index is 9.30. The number of hydrogen-bond acceptors (Lipinski definition) is 3. The van der Waals surface area contributed by atoms with Gasteiger partial charge in [0.2, 0.25) is 0 Å². The van der Waals surface area contributed by atoms with Crippen LogP contribution in [-0.2, 0) is 0 Å². The van der Waals surface area contributed by atoms with E-state index in [9.17, 15) is 5.11 Å². The Hall–Kier alpha value is -2.13. The van der Waals surface area contributed by atoms with Crippen LogP contribution < -0.4 is 4.74 Å². The number of phenols is 1. The monoisotopic (exact) mass is 284 g/mol. The fraction of sp³-hybridized carbons (Fsp3) is 0.118. The Morgan fingerprint density at radius 2 is 1.70 bits per heavy atom. The van der Waals surface area contributed by atoms with Gasteiger partial charge in [-0.2, -0.15) is 0 Å². The van der Waals surface area contributed by atoms with E-state index >= 15 is 0 Å². The molecule has 0 amide bonds. The molecule has 0 saturated heterocycles. The number of ether oxygens (including phenoxy) is 1. The Morgan fingerprint density at radius 3 is 2.25 bits per heavy atom. The van der Waals surface area contributed by atoms with Crippen LogP contribution in [0, 0.1) is 0 Å². The molecular weight excluding hydrogens is 268 g/mol. The normalized spacial score (nSPS) is 12.2. The third-order valence-electron chi connectivity index (χ3n) is 3.04. The molecule has 2 aromatic carbocycles. The number of allylic oxidation sites excluding steroid dienone is 1. The quantitative estimate of drug-likeness (QED) is 0.834. The lowest BCUT2D eigenvalue weighted by atomic mass is 9.99. The number of aromatic hydroxyl groups is 1. The van der Waals surface area contributed by atoms with Gasteiger partial charge in [-0.3, -0.25) is 0 Å². The Morgan fingerprint density at radius 1 is 1.05 bits per heavy atom. The van der Waals surface area contributed by atoms with E-state index in [0.717, 1.165) is 16.9 Å². The standard InChI is InChI=1S/C17H16O2S/c1-19-17-10-3-13(4-11-17)2-5-15(12-20)14-6-8-16(18)9-7-14/h2-12,15,18H,1H3/b5-2-/t15-/m0/s1. The zero-order valence-electron chi connectivity index (χ0n) is 11.2. The SMILES string of the molecule is COc1ccc(/C=C\[C@@H](C=S)c2ccc(O)cc2)cc1. The van der Waals surface area contributed by atoms with Gasteiger partial charge in [-0.1, -0.05) is 48.6 Å². The van der Waals surface area contributed by atoms with Crippen LogP contribution in [0.5, 0.6) is 11.5 Å². The van der Waals surface area contributed by atoms with Gasteiger partial charge in [0.1, 0.15) is 11.5 Å². The van der Waals surface area contributed by atoms with Crippen LogP contribution in [0.2, 0.25) is 0 Å². The van der Waals surface area contributed by atoms with Crippen molar-refractivity contribution in [1.29, 1.82) is 0 Å². The Balaban J connectivity index is 2.14. The highest BCUT2D eigenvalue weighted by Crippen LogP contribution is 2.20. The van der Waals surface area contributed by atoms with E-state index in [4.69, 9.17) is 17.0 Å². The topological polar surface area (TPSA) is 29.5 Å². The van der Waals surface area contributed by atoms with E-state index in [-0.39, 0.29) is 11.7 Å². The molecule has 2 aromatic rings. The predicted octanol–water partition coefficient (Wildman–Crippen LogP) is 4.20. The number of benzene rings is 2. The fourth-order valence-corrected chi connectivity index (χ4v) is 2.11. The molecule has 0 aliphatic heterocycles. The third kappa shape index (κ3) is 3.68. The first-order valence-corrected chi connectivity index (χ1v) is 6.76. The van der Waals surface area contributed by atoms with E-state index in [0.29, 0.717) is 0 Å². The average Bonchev–Trinajstić information content (AvgIpc) is 2.50.